The van der Waals surface area contributed by atoms with Gasteiger partial charge >= 0.3 is 0 Å². The SMILES string of the molecule is CC1=CC(N2CCCC2)N([N+](=O)[O-])C=C1. The summed E-state index contributed by atoms with van der Waals surface area (Å²) in [5.74, 6) is 0. The molecule has 2 rings (SSSR count). The summed E-state index contributed by atoms with van der Waals surface area (Å²) in [6.45, 7) is 3.87. The lowest BCUT2D eigenvalue weighted by molar-refractivity contribution is -0.651. The van der Waals surface area contributed by atoms with E-state index >= 15 is 0 Å². The number of nitro groups is 1. The number of rotatable bonds is 2. The first-order valence-electron chi connectivity index (χ1n) is 5.22. The van der Waals surface area contributed by atoms with Gasteiger partial charge in [0.1, 0.15) is 0 Å². The molecule has 1 saturated heterocycles. The van der Waals surface area contributed by atoms with E-state index in [2.05, 4.69) is 4.90 Å². The van der Waals surface area contributed by atoms with Crippen LogP contribution in [-0.2, 0) is 0 Å². The van der Waals surface area contributed by atoms with Crippen LogP contribution in [0, 0.1) is 10.1 Å². The smallest absolute Gasteiger partial charge is 0.166 e. The number of allylic oxidation sites excluding steroid dienone is 2. The zero-order valence-electron chi connectivity index (χ0n) is 8.80. The average molecular weight is 209 g/mol. The molecule has 5 nitrogen and oxygen atoms in total. The molecule has 0 amide bonds. The fraction of sp³-hybridized carbons (Fsp3) is 0.600. The van der Waals surface area contributed by atoms with E-state index in [0.717, 1.165) is 31.5 Å². The zero-order chi connectivity index (χ0) is 10.8. The molecule has 82 valence electrons. The van der Waals surface area contributed by atoms with Gasteiger partial charge in [-0.1, -0.05) is 5.01 Å². The predicted octanol–water partition coefficient (Wildman–Crippen LogP) is 1.38. The van der Waals surface area contributed by atoms with E-state index in [1.54, 1.807) is 12.3 Å². The van der Waals surface area contributed by atoms with E-state index in [1.165, 1.54) is 5.01 Å². The second kappa shape index (κ2) is 4.02. The quantitative estimate of drug-likeness (QED) is 0.509. The van der Waals surface area contributed by atoms with Crippen molar-refractivity contribution in [3.8, 4) is 0 Å². The van der Waals surface area contributed by atoms with Gasteiger partial charge in [0.05, 0.1) is 6.20 Å². The molecular weight excluding hydrogens is 194 g/mol. The van der Waals surface area contributed by atoms with Gasteiger partial charge in [-0.2, -0.15) is 0 Å². The van der Waals surface area contributed by atoms with Crippen LogP contribution in [0.2, 0.25) is 0 Å². The minimum atomic E-state index is -0.345. The highest BCUT2D eigenvalue weighted by Gasteiger charge is 2.31. The van der Waals surface area contributed by atoms with Crippen LogP contribution in [0.1, 0.15) is 19.8 Å². The van der Waals surface area contributed by atoms with Crippen LogP contribution in [0.4, 0.5) is 0 Å². The average Bonchev–Trinajstić information content (AvgIpc) is 2.69. The minimum Gasteiger partial charge on any atom is -0.275 e. The maximum Gasteiger partial charge on any atom is 0.166 e. The molecule has 5 heteroatoms. The number of hydrogen-bond acceptors (Lipinski definition) is 3. The van der Waals surface area contributed by atoms with Crippen LogP contribution in [0.3, 0.4) is 0 Å². The molecule has 0 bridgehead atoms. The van der Waals surface area contributed by atoms with Gasteiger partial charge in [-0.25, -0.2) is 10.1 Å². The molecule has 0 radical (unpaired) electrons. The summed E-state index contributed by atoms with van der Waals surface area (Å²) in [5.41, 5.74) is 1.09. The molecule has 0 aliphatic carbocycles. The van der Waals surface area contributed by atoms with Crippen molar-refractivity contribution in [2.45, 2.75) is 25.9 Å². The number of likely N-dealkylation sites (tertiary alicyclic amines) is 1. The molecule has 2 heterocycles. The first kappa shape index (κ1) is 10.2. The van der Waals surface area contributed by atoms with Gasteiger partial charge in [-0.3, -0.25) is 4.90 Å². The van der Waals surface area contributed by atoms with Gasteiger partial charge in [-0.15, -0.1) is 0 Å². The van der Waals surface area contributed by atoms with E-state index in [1.807, 2.05) is 13.0 Å². The Kier molecular flexibility index (Phi) is 2.73. The largest absolute Gasteiger partial charge is 0.275 e. The summed E-state index contributed by atoms with van der Waals surface area (Å²) in [5, 5.41) is 11.7. The Morgan fingerprint density at radius 2 is 2.13 bits per heavy atom. The molecule has 0 aromatic heterocycles. The van der Waals surface area contributed by atoms with Gasteiger partial charge in [-0.05, 0) is 37.5 Å². The Bertz CT molecular complexity index is 319. The second-order valence-electron chi connectivity index (χ2n) is 4.00. The van der Waals surface area contributed by atoms with Gasteiger partial charge < -0.3 is 0 Å². The van der Waals surface area contributed by atoms with Crippen LogP contribution in [0.25, 0.3) is 0 Å². The highest BCUT2D eigenvalue weighted by molar-refractivity contribution is 5.21. The van der Waals surface area contributed by atoms with E-state index in [0.29, 0.717) is 0 Å². The summed E-state index contributed by atoms with van der Waals surface area (Å²) < 4.78 is 0. The van der Waals surface area contributed by atoms with Gasteiger partial charge in [0.15, 0.2) is 11.2 Å². The Morgan fingerprint density at radius 1 is 1.47 bits per heavy atom. The zero-order valence-corrected chi connectivity index (χ0v) is 8.80. The monoisotopic (exact) mass is 209 g/mol. The Labute approximate surface area is 88.8 Å². The fourth-order valence-electron chi connectivity index (χ4n) is 2.08. The molecule has 2 aliphatic rings. The highest BCUT2D eigenvalue weighted by atomic mass is 16.7. The molecular formula is C10H15N3O2. The molecule has 0 saturated carbocycles. The van der Waals surface area contributed by atoms with Crippen molar-refractivity contribution in [2.24, 2.45) is 0 Å². The molecule has 15 heavy (non-hydrogen) atoms. The third-order valence-corrected chi connectivity index (χ3v) is 2.88. The molecule has 1 unspecified atom stereocenters. The first-order valence-corrected chi connectivity index (χ1v) is 5.22. The summed E-state index contributed by atoms with van der Waals surface area (Å²) in [4.78, 5) is 13.0. The molecule has 0 spiro atoms. The Balaban J connectivity index is 2.17. The van der Waals surface area contributed by atoms with Crippen LogP contribution in [-0.4, -0.2) is 34.2 Å². The lowest BCUT2D eigenvalue weighted by Gasteiger charge is -2.29. The summed E-state index contributed by atoms with van der Waals surface area (Å²) in [6, 6.07) is 0. The molecule has 0 aromatic carbocycles. The molecule has 2 aliphatic heterocycles. The van der Waals surface area contributed by atoms with Crippen molar-refractivity contribution in [1.82, 2.24) is 9.91 Å². The minimum absolute atomic E-state index is 0.201. The van der Waals surface area contributed by atoms with Crippen molar-refractivity contribution < 1.29 is 5.03 Å². The number of hydrogen-bond donors (Lipinski definition) is 0. The second-order valence-corrected chi connectivity index (χ2v) is 4.00. The fourth-order valence-corrected chi connectivity index (χ4v) is 2.08. The van der Waals surface area contributed by atoms with Gasteiger partial charge in [0.25, 0.3) is 0 Å². The van der Waals surface area contributed by atoms with Crippen LogP contribution < -0.4 is 0 Å². The molecule has 1 fully saturated rings. The molecule has 0 N–H and O–H groups in total. The van der Waals surface area contributed by atoms with Crippen LogP contribution in [0.5, 0.6) is 0 Å². The van der Waals surface area contributed by atoms with Crippen molar-refractivity contribution >= 4 is 0 Å². The molecule has 0 aromatic rings. The number of nitrogens with zero attached hydrogens (tertiary/aromatic N) is 3. The topological polar surface area (TPSA) is 49.6 Å². The van der Waals surface area contributed by atoms with E-state index in [9.17, 15) is 10.1 Å². The normalized spacial score (nSPS) is 26.9. The van der Waals surface area contributed by atoms with E-state index < -0.39 is 0 Å². The van der Waals surface area contributed by atoms with Gasteiger partial charge in [0.2, 0.25) is 0 Å². The van der Waals surface area contributed by atoms with Crippen molar-refractivity contribution in [2.75, 3.05) is 13.1 Å². The van der Waals surface area contributed by atoms with Gasteiger partial charge in [0, 0.05) is 13.1 Å². The third-order valence-electron chi connectivity index (χ3n) is 2.88. The summed E-state index contributed by atoms with van der Waals surface area (Å²) in [6.07, 6.45) is 7.35. The Morgan fingerprint density at radius 3 is 2.73 bits per heavy atom. The third kappa shape index (κ3) is 2.02. The Hall–Kier alpha value is -1.36. The lowest BCUT2D eigenvalue weighted by Crippen LogP contribution is -2.47. The standard InChI is InChI=1S/C10H15N3O2/c1-9-4-7-12(13(14)15)10(8-9)11-5-2-3-6-11/h4,7-8,10H,2-3,5-6H2,1H3. The van der Waals surface area contributed by atoms with Crippen LogP contribution in [0.15, 0.2) is 23.9 Å². The lowest BCUT2D eigenvalue weighted by atomic mass is 10.2. The van der Waals surface area contributed by atoms with E-state index in [4.69, 9.17) is 0 Å². The molecule has 1 atom stereocenters. The summed E-state index contributed by atoms with van der Waals surface area (Å²) >= 11 is 0. The van der Waals surface area contributed by atoms with E-state index in [-0.39, 0.29) is 11.2 Å². The first-order chi connectivity index (χ1) is 7.18. The maximum absolute atomic E-state index is 10.9. The van der Waals surface area contributed by atoms with Crippen molar-refractivity contribution in [3.05, 3.63) is 34.0 Å². The van der Waals surface area contributed by atoms with Crippen molar-refractivity contribution in [3.63, 3.8) is 0 Å². The maximum atomic E-state index is 10.9. The predicted molar refractivity (Wildman–Crippen MR) is 56.3 cm³/mol. The number of hydrazine groups is 1. The summed E-state index contributed by atoms with van der Waals surface area (Å²) in [7, 11) is 0. The van der Waals surface area contributed by atoms with Crippen LogP contribution >= 0.6 is 0 Å². The van der Waals surface area contributed by atoms with Crippen molar-refractivity contribution in [1.29, 1.82) is 0 Å². The highest BCUT2D eigenvalue weighted by Crippen LogP contribution is 2.21.